The number of halogens is 1. The smallest absolute Gasteiger partial charge is 0.319 e. The second-order valence-corrected chi connectivity index (χ2v) is 8.94. The van der Waals surface area contributed by atoms with E-state index in [4.69, 9.17) is 4.74 Å². The summed E-state index contributed by atoms with van der Waals surface area (Å²) in [7, 11) is 0. The molecule has 0 N–H and O–H groups in total. The minimum atomic E-state index is -0.824. The van der Waals surface area contributed by atoms with Gasteiger partial charge in [0.2, 0.25) is 0 Å². The molecular weight excluding hydrogens is 380 g/mol. The Labute approximate surface area is 155 Å². The zero-order valence-corrected chi connectivity index (χ0v) is 16.2. The summed E-state index contributed by atoms with van der Waals surface area (Å²) in [5, 5.41) is 1.93. The van der Waals surface area contributed by atoms with Gasteiger partial charge in [-0.05, 0) is 29.7 Å². The van der Waals surface area contributed by atoms with Gasteiger partial charge in [0.1, 0.15) is 5.75 Å². The number of fused-ring (bicyclic) bond motifs is 3. The first-order valence-corrected chi connectivity index (χ1v) is 9.56. The van der Waals surface area contributed by atoms with Crippen molar-refractivity contribution in [1.29, 1.82) is 0 Å². The lowest BCUT2D eigenvalue weighted by molar-refractivity contribution is -0.150. The highest BCUT2D eigenvalue weighted by atomic mass is 79.9. The van der Waals surface area contributed by atoms with Crippen molar-refractivity contribution in [1.82, 2.24) is 0 Å². The number of carbonyl (C=O) groups excluding carboxylic acids is 2. The van der Waals surface area contributed by atoms with Crippen LogP contribution in [0.5, 0.6) is 5.75 Å². The second kappa shape index (κ2) is 5.16. The first kappa shape index (κ1) is 16.8. The Bertz CT molecular complexity index is 898. The standard InChI is InChI=1S/C21H21BrO3/c1-19(2)20(3)11-12-21(19,16(22)17(20)23)18(24)25-15-10-6-8-13-7-4-5-9-14(13)15/h4-10,16H,11-12H2,1-3H3. The average Bonchev–Trinajstić information content (AvgIpc) is 2.87. The quantitative estimate of drug-likeness (QED) is 0.408. The molecule has 2 aliphatic rings. The summed E-state index contributed by atoms with van der Waals surface area (Å²) >= 11 is 3.54. The summed E-state index contributed by atoms with van der Waals surface area (Å²) in [6.07, 6.45) is 1.40. The summed E-state index contributed by atoms with van der Waals surface area (Å²) in [5.41, 5.74) is -1.76. The van der Waals surface area contributed by atoms with Crippen LogP contribution in [0.1, 0.15) is 33.6 Å². The van der Waals surface area contributed by atoms with Crippen LogP contribution in [0.25, 0.3) is 10.8 Å². The highest BCUT2D eigenvalue weighted by molar-refractivity contribution is 9.10. The molecular formula is C21H21BrO3. The number of carbonyl (C=O) groups is 2. The first-order chi connectivity index (χ1) is 11.8. The third-order valence-corrected chi connectivity index (χ3v) is 8.23. The SMILES string of the molecule is CC12CCC(C(=O)Oc3cccc4ccccc34)(C(Br)C1=O)C2(C)C. The van der Waals surface area contributed by atoms with E-state index in [-0.39, 0.29) is 11.8 Å². The van der Waals surface area contributed by atoms with Crippen molar-refractivity contribution in [3.63, 3.8) is 0 Å². The summed E-state index contributed by atoms with van der Waals surface area (Å²) in [6.45, 7) is 6.05. The van der Waals surface area contributed by atoms with Crippen molar-refractivity contribution >= 4 is 38.5 Å². The summed E-state index contributed by atoms with van der Waals surface area (Å²) in [6, 6.07) is 13.5. The number of alkyl halides is 1. The zero-order valence-electron chi connectivity index (χ0n) is 14.6. The Balaban J connectivity index is 1.78. The molecule has 2 aliphatic carbocycles. The highest BCUT2D eigenvalue weighted by Gasteiger charge is 2.77. The fourth-order valence-corrected chi connectivity index (χ4v) is 6.37. The molecule has 3 nitrogen and oxygen atoms in total. The van der Waals surface area contributed by atoms with Gasteiger partial charge in [-0.15, -0.1) is 0 Å². The number of benzene rings is 2. The summed E-state index contributed by atoms with van der Waals surface area (Å²) in [5.74, 6) is 0.379. The monoisotopic (exact) mass is 400 g/mol. The van der Waals surface area contributed by atoms with Crippen molar-refractivity contribution < 1.29 is 14.3 Å². The minimum absolute atomic E-state index is 0.124. The van der Waals surface area contributed by atoms with Gasteiger partial charge in [0, 0.05) is 10.8 Å². The Morgan fingerprint density at radius 2 is 1.76 bits per heavy atom. The Hall–Kier alpha value is -1.68. The molecule has 0 aliphatic heterocycles. The molecule has 4 rings (SSSR count). The maximum Gasteiger partial charge on any atom is 0.319 e. The van der Waals surface area contributed by atoms with Gasteiger partial charge in [-0.2, -0.15) is 0 Å². The molecule has 0 heterocycles. The highest BCUT2D eigenvalue weighted by Crippen LogP contribution is 2.72. The van der Waals surface area contributed by atoms with Gasteiger partial charge in [-0.3, -0.25) is 9.59 Å². The maximum atomic E-state index is 13.3. The molecule has 0 amide bonds. The van der Waals surface area contributed by atoms with E-state index in [9.17, 15) is 9.59 Å². The molecule has 0 spiro atoms. The van der Waals surface area contributed by atoms with Crippen molar-refractivity contribution in [2.75, 3.05) is 0 Å². The number of hydrogen-bond donors (Lipinski definition) is 0. The predicted octanol–water partition coefficient (Wildman–Crippen LogP) is 4.90. The van der Waals surface area contributed by atoms with Crippen LogP contribution < -0.4 is 4.74 Å². The van der Waals surface area contributed by atoms with Crippen LogP contribution in [0.4, 0.5) is 0 Å². The van der Waals surface area contributed by atoms with Crippen LogP contribution in [0.15, 0.2) is 42.5 Å². The molecule has 3 atom stereocenters. The number of ketones is 1. The van der Waals surface area contributed by atoms with E-state index in [1.165, 1.54) is 0 Å². The summed E-state index contributed by atoms with van der Waals surface area (Å²) < 4.78 is 5.91. The van der Waals surface area contributed by atoms with Gasteiger partial charge >= 0.3 is 5.97 Å². The minimum Gasteiger partial charge on any atom is -0.425 e. The number of rotatable bonds is 2. The van der Waals surface area contributed by atoms with Crippen molar-refractivity contribution in [2.24, 2.45) is 16.2 Å². The van der Waals surface area contributed by atoms with E-state index >= 15 is 0 Å². The Kier molecular flexibility index (Phi) is 3.46. The average molecular weight is 401 g/mol. The van der Waals surface area contributed by atoms with Gasteiger partial charge in [-0.25, -0.2) is 0 Å². The topological polar surface area (TPSA) is 43.4 Å². The third kappa shape index (κ3) is 1.86. The molecule has 2 aromatic rings. The molecule has 0 radical (unpaired) electrons. The predicted molar refractivity (Wildman–Crippen MR) is 101 cm³/mol. The summed E-state index contributed by atoms with van der Waals surface area (Å²) in [4.78, 5) is 25.7. The number of esters is 1. The lowest BCUT2D eigenvalue weighted by atomic mass is 9.65. The molecule has 2 fully saturated rings. The van der Waals surface area contributed by atoms with Crippen LogP contribution in [-0.2, 0) is 9.59 Å². The van der Waals surface area contributed by atoms with E-state index in [1.807, 2.05) is 63.2 Å². The molecule has 0 saturated heterocycles. The normalized spacial score (nSPS) is 33.0. The van der Waals surface area contributed by atoms with Gasteiger partial charge in [-0.1, -0.05) is 73.1 Å². The van der Waals surface area contributed by atoms with Crippen LogP contribution in [0, 0.1) is 16.2 Å². The molecule has 2 saturated carbocycles. The molecule has 25 heavy (non-hydrogen) atoms. The van der Waals surface area contributed by atoms with Crippen LogP contribution in [0.2, 0.25) is 0 Å². The van der Waals surface area contributed by atoms with Gasteiger partial charge < -0.3 is 4.74 Å². The second-order valence-electron chi connectivity index (χ2n) is 8.02. The van der Waals surface area contributed by atoms with E-state index in [2.05, 4.69) is 15.9 Å². The number of Topliss-reactive ketones (excluding diaryl/α,β-unsaturated/α-hetero) is 1. The third-order valence-electron chi connectivity index (χ3n) is 7.04. The van der Waals surface area contributed by atoms with Crippen molar-refractivity contribution in [3.8, 4) is 5.75 Å². The Morgan fingerprint density at radius 1 is 1.08 bits per heavy atom. The van der Waals surface area contributed by atoms with E-state index in [0.717, 1.165) is 17.2 Å². The van der Waals surface area contributed by atoms with Gasteiger partial charge in [0.15, 0.2) is 5.78 Å². The fraction of sp³-hybridized carbons (Fsp3) is 0.429. The zero-order chi connectivity index (χ0) is 18.0. The van der Waals surface area contributed by atoms with E-state index in [1.54, 1.807) is 0 Å². The molecule has 4 heteroatoms. The maximum absolute atomic E-state index is 13.3. The molecule has 3 unspecified atom stereocenters. The number of ether oxygens (including phenoxy) is 1. The van der Waals surface area contributed by atoms with E-state index < -0.39 is 21.1 Å². The number of hydrogen-bond acceptors (Lipinski definition) is 3. The molecule has 2 aromatic carbocycles. The lowest BCUT2D eigenvalue weighted by Crippen LogP contribution is -2.47. The molecule has 2 bridgehead atoms. The lowest BCUT2D eigenvalue weighted by Gasteiger charge is -2.38. The molecule has 130 valence electrons. The molecule has 0 aromatic heterocycles. The van der Waals surface area contributed by atoms with Crippen LogP contribution >= 0.6 is 15.9 Å². The van der Waals surface area contributed by atoms with E-state index in [0.29, 0.717) is 12.2 Å². The fourth-order valence-electron chi connectivity index (χ4n) is 4.88. The largest absolute Gasteiger partial charge is 0.425 e. The van der Waals surface area contributed by atoms with Gasteiger partial charge in [0.05, 0.1) is 10.2 Å². The van der Waals surface area contributed by atoms with Crippen LogP contribution in [0.3, 0.4) is 0 Å². The van der Waals surface area contributed by atoms with Crippen molar-refractivity contribution in [3.05, 3.63) is 42.5 Å². The van der Waals surface area contributed by atoms with Crippen LogP contribution in [-0.4, -0.2) is 16.6 Å². The first-order valence-electron chi connectivity index (χ1n) is 8.64. The van der Waals surface area contributed by atoms with Crippen molar-refractivity contribution in [2.45, 2.75) is 38.4 Å². The Morgan fingerprint density at radius 3 is 2.44 bits per heavy atom. The van der Waals surface area contributed by atoms with Gasteiger partial charge in [0.25, 0.3) is 0 Å².